The van der Waals surface area contributed by atoms with Gasteiger partial charge in [-0.25, -0.2) is 4.98 Å². The number of hydrogen-bond donors (Lipinski definition) is 2. The van der Waals surface area contributed by atoms with Crippen molar-refractivity contribution in [3.05, 3.63) is 44.8 Å². The SMILES string of the molecule is CCc1ccc2nc(-c3cc(Br)cc(Br)c3N)[nH]c2c1. The maximum atomic E-state index is 6.13. The molecule has 0 amide bonds. The number of nitrogens with one attached hydrogen (secondary N) is 1. The van der Waals surface area contributed by atoms with Crippen molar-refractivity contribution in [1.82, 2.24) is 9.97 Å². The summed E-state index contributed by atoms with van der Waals surface area (Å²) in [6, 6.07) is 10.2. The molecular weight excluding hydrogens is 382 g/mol. The summed E-state index contributed by atoms with van der Waals surface area (Å²) in [4.78, 5) is 7.97. The van der Waals surface area contributed by atoms with Gasteiger partial charge in [0.25, 0.3) is 0 Å². The van der Waals surface area contributed by atoms with Gasteiger partial charge in [0, 0.05) is 14.5 Å². The van der Waals surface area contributed by atoms with Crippen LogP contribution in [0.15, 0.2) is 39.3 Å². The lowest BCUT2D eigenvalue weighted by Gasteiger charge is -2.05. The summed E-state index contributed by atoms with van der Waals surface area (Å²) in [5.74, 6) is 0.785. The Labute approximate surface area is 133 Å². The molecule has 5 heteroatoms. The second kappa shape index (κ2) is 5.22. The van der Waals surface area contributed by atoms with Gasteiger partial charge in [-0.15, -0.1) is 0 Å². The van der Waals surface area contributed by atoms with Crippen molar-refractivity contribution in [3.8, 4) is 11.4 Å². The van der Waals surface area contributed by atoms with Crippen LogP contribution in [0.1, 0.15) is 12.5 Å². The number of nitrogens with two attached hydrogens (primary N) is 1. The Kier molecular flexibility index (Phi) is 3.56. The monoisotopic (exact) mass is 393 g/mol. The number of nitrogens with zero attached hydrogens (tertiary/aromatic N) is 1. The zero-order chi connectivity index (χ0) is 14.3. The number of fused-ring (bicyclic) bond motifs is 1. The van der Waals surface area contributed by atoms with Crippen LogP contribution >= 0.6 is 31.9 Å². The standard InChI is InChI=1S/C15H13Br2N3/c1-2-8-3-4-12-13(5-8)20-15(19-12)10-6-9(16)7-11(17)14(10)18/h3-7H,2,18H2,1H3,(H,19,20). The maximum Gasteiger partial charge on any atom is 0.140 e. The first-order valence-electron chi connectivity index (χ1n) is 6.32. The number of aryl methyl sites for hydroxylation is 1. The molecule has 0 aliphatic carbocycles. The van der Waals surface area contributed by atoms with E-state index < -0.39 is 0 Å². The van der Waals surface area contributed by atoms with Crippen LogP contribution in [-0.2, 0) is 6.42 Å². The lowest BCUT2D eigenvalue weighted by Crippen LogP contribution is -1.93. The van der Waals surface area contributed by atoms with E-state index in [-0.39, 0.29) is 0 Å². The Morgan fingerprint density at radius 2 is 2.00 bits per heavy atom. The van der Waals surface area contributed by atoms with Crippen LogP contribution in [0.25, 0.3) is 22.4 Å². The van der Waals surface area contributed by atoms with E-state index in [9.17, 15) is 0 Å². The molecule has 20 heavy (non-hydrogen) atoms. The molecule has 0 radical (unpaired) electrons. The van der Waals surface area contributed by atoms with Gasteiger partial charge in [-0.2, -0.15) is 0 Å². The number of nitrogen functional groups attached to an aromatic ring is 1. The minimum atomic E-state index is 0.683. The van der Waals surface area contributed by atoms with Crippen LogP contribution in [0.2, 0.25) is 0 Å². The second-order valence-corrected chi connectivity index (χ2v) is 6.41. The lowest BCUT2D eigenvalue weighted by atomic mass is 10.1. The smallest absolute Gasteiger partial charge is 0.140 e. The average Bonchev–Trinajstić information content (AvgIpc) is 2.85. The molecule has 3 nitrogen and oxygen atoms in total. The summed E-state index contributed by atoms with van der Waals surface area (Å²) in [5, 5.41) is 0. The van der Waals surface area contributed by atoms with E-state index in [1.165, 1.54) is 5.56 Å². The Bertz CT molecular complexity index is 793. The fraction of sp³-hybridized carbons (Fsp3) is 0.133. The fourth-order valence-corrected chi connectivity index (χ4v) is 3.41. The van der Waals surface area contributed by atoms with Crippen LogP contribution < -0.4 is 5.73 Å². The molecule has 3 aromatic rings. The number of anilines is 1. The normalized spacial score (nSPS) is 11.2. The third-order valence-corrected chi connectivity index (χ3v) is 4.42. The third kappa shape index (κ3) is 2.36. The Hall–Kier alpha value is -1.33. The first-order valence-corrected chi connectivity index (χ1v) is 7.90. The quantitative estimate of drug-likeness (QED) is 0.607. The first kappa shape index (κ1) is 13.6. The van der Waals surface area contributed by atoms with E-state index in [1.807, 2.05) is 18.2 Å². The van der Waals surface area contributed by atoms with Crippen molar-refractivity contribution in [1.29, 1.82) is 0 Å². The molecule has 1 heterocycles. The number of aromatic amines is 1. The minimum Gasteiger partial charge on any atom is -0.397 e. The van der Waals surface area contributed by atoms with Gasteiger partial charge in [0.05, 0.1) is 16.7 Å². The van der Waals surface area contributed by atoms with Crippen LogP contribution in [-0.4, -0.2) is 9.97 Å². The molecule has 0 bridgehead atoms. The zero-order valence-corrected chi connectivity index (χ0v) is 14.0. The molecule has 3 rings (SSSR count). The van der Waals surface area contributed by atoms with Gasteiger partial charge in [-0.05, 0) is 52.2 Å². The molecule has 0 unspecified atom stereocenters. The highest BCUT2D eigenvalue weighted by Gasteiger charge is 2.12. The van der Waals surface area contributed by atoms with E-state index in [1.54, 1.807) is 0 Å². The summed E-state index contributed by atoms with van der Waals surface area (Å²) in [6.07, 6.45) is 1.01. The highest BCUT2D eigenvalue weighted by atomic mass is 79.9. The van der Waals surface area contributed by atoms with E-state index in [0.29, 0.717) is 5.69 Å². The number of aromatic nitrogens is 2. The molecule has 0 aliphatic heterocycles. The third-order valence-electron chi connectivity index (χ3n) is 3.30. The summed E-state index contributed by atoms with van der Waals surface area (Å²) >= 11 is 6.95. The molecule has 2 aromatic carbocycles. The van der Waals surface area contributed by atoms with Gasteiger partial charge in [-0.1, -0.05) is 28.9 Å². The molecule has 0 atom stereocenters. The van der Waals surface area contributed by atoms with Crippen LogP contribution in [0.4, 0.5) is 5.69 Å². The summed E-state index contributed by atoms with van der Waals surface area (Å²) in [6.45, 7) is 2.14. The molecule has 3 N–H and O–H groups in total. The van der Waals surface area contributed by atoms with Gasteiger partial charge in [0.1, 0.15) is 5.82 Å². The number of imidazole rings is 1. The maximum absolute atomic E-state index is 6.13. The number of rotatable bonds is 2. The molecule has 0 aliphatic rings. The molecule has 102 valence electrons. The van der Waals surface area contributed by atoms with Crippen molar-refractivity contribution >= 4 is 48.6 Å². The van der Waals surface area contributed by atoms with Gasteiger partial charge < -0.3 is 10.7 Å². The highest BCUT2D eigenvalue weighted by Crippen LogP contribution is 2.34. The van der Waals surface area contributed by atoms with E-state index in [0.717, 1.165) is 37.8 Å². The Morgan fingerprint density at radius 3 is 2.75 bits per heavy atom. The molecule has 0 fully saturated rings. The second-order valence-electron chi connectivity index (χ2n) is 4.64. The van der Waals surface area contributed by atoms with Gasteiger partial charge in [0.2, 0.25) is 0 Å². The zero-order valence-electron chi connectivity index (χ0n) is 10.9. The van der Waals surface area contributed by atoms with Crippen molar-refractivity contribution < 1.29 is 0 Å². The summed E-state index contributed by atoms with van der Waals surface area (Å²) in [7, 11) is 0. The van der Waals surface area contributed by atoms with Crippen LogP contribution in [0, 0.1) is 0 Å². The summed E-state index contributed by atoms with van der Waals surface area (Å²) < 4.78 is 1.82. The predicted molar refractivity (Wildman–Crippen MR) is 90.7 cm³/mol. The van der Waals surface area contributed by atoms with Crippen molar-refractivity contribution in [2.75, 3.05) is 5.73 Å². The van der Waals surface area contributed by atoms with Crippen molar-refractivity contribution in [2.24, 2.45) is 0 Å². The Morgan fingerprint density at radius 1 is 1.20 bits per heavy atom. The number of halogens is 2. The molecule has 0 saturated heterocycles. The topological polar surface area (TPSA) is 54.7 Å². The minimum absolute atomic E-state index is 0.683. The average molecular weight is 395 g/mol. The Balaban J connectivity index is 2.20. The van der Waals surface area contributed by atoms with E-state index >= 15 is 0 Å². The molecular formula is C15H13Br2N3. The molecule has 1 aromatic heterocycles. The fourth-order valence-electron chi connectivity index (χ4n) is 2.18. The predicted octanol–water partition coefficient (Wildman–Crippen LogP) is 4.90. The highest BCUT2D eigenvalue weighted by molar-refractivity contribution is 9.11. The molecule has 0 spiro atoms. The van der Waals surface area contributed by atoms with Crippen LogP contribution in [0.3, 0.4) is 0 Å². The lowest BCUT2D eigenvalue weighted by molar-refractivity contribution is 1.14. The number of benzene rings is 2. The molecule has 0 saturated carbocycles. The van der Waals surface area contributed by atoms with Gasteiger partial charge in [-0.3, -0.25) is 0 Å². The number of H-pyrrole nitrogens is 1. The van der Waals surface area contributed by atoms with Gasteiger partial charge in [0.15, 0.2) is 0 Å². The first-order chi connectivity index (χ1) is 9.58. The van der Waals surface area contributed by atoms with Crippen molar-refractivity contribution in [3.63, 3.8) is 0 Å². The largest absolute Gasteiger partial charge is 0.397 e. The van der Waals surface area contributed by atoms with E-state index in [4.69, 9.17) is 5.73 Å². The van der Waals surface area contributed by atoms with Crippen LogP contribution in [0.5, 0.6) is 0 Å². The van der Waals surface area contributed by atoms with Crippen molar-refractivity contribution in [2.45, 2.75) is 13.3 Å². The van der Waals surface area contributed by atoms with E-state index in [2.05, 4.69) is 60.9 Å². The number of hydrogen-bond acceptors (Lipinski definition) is 2. The van der Waals surface area contributed by atoms with Gasteiger partial charge >= 0.3 is 0 Å². The summed E-state index contributed by atoms with van der Waals surface area (Å²) in [5.41, 5.74) is 11.0.